The van der Waals surface area contributed by atoms with E-state index in [1.165, 1.54) is 24.8 Å². The van der Waals surface area contributed by atoms with Gasteiger partial charge in [-0.1, -0.05) is 6.42 Å². The maximum atomic E-state index is 11.2. The summed E-state index contributed by atoms with van der Waals surface area (Å²) in [6.07, 6.45) is 5.37. The van der Waals surface area contributed by atoms with E-state index in [-0.39, 0.29) is 5.91 Å². The molecule has 1 aliphatic carbocycles. The molecular weight excluding hydrogens is 214 g/mol. The Morgan fingerprint density at radius 3 is 2.94 bits per heavy atom. The van der Waals surface area contributed by atoms with E-state index in [0.717, 1.165) is 30.4 Å². The summed E-state index contributed by atoms with van der Waals surface area (Å²) in [5, 5.41) is 2.88. The van der Waals surface area contributed by atoms with Gasteiger partial charge in [0.05, 0.1) is 6.61 Å². The van der Waals surface area contributed by atoms with Gasteiger partial charge in [-0.3, -0.25) is 4.79 Å². The van der Waals surface area contributed by atoms with Gasteiger partial charge in [-0.25, -0.2) is 0 Å². The summed E-state index contributed by atoms with van der Waals surface area (Å²) in [6.45, 7) is 0.838. The smallest absolute Gasteiger partial charge is 0.224 e. The van der Waals surface area contributed by atoms with Crippen LogP contribution >= 0.6 is 0 Å². The van der Waals surface area contributed by atoms with Crippen LogP contribution in [0, 0.1) is 5.92 Å². The van der Waals surface area contributed by atoms with Crippen molar-refractivity contribution >= 4 is 11.6 Å². The maximum absolute atomic E-state index is 11.2. The number of anilines is 1. The van der Waals surface area contributed by atoms with Crippen LogP contribution in [0.25, 0.3) is 0 Å². The Balaban J connectivity index is 1.67. The van der Waals surface area contributed by atoms with Gasteiger partial charge in [0.25, 0.3) is 0 Å². The highest BCUT2D eigenvalue weighted by atomic mass is 16.5. The molecule has 90 valence electrons. The number of ether oxygens (including phenoxy) is 1. The van der Waals surface area contributed by atoms with Crippen LogP contribution in [-0.2, 0) is 11.2 Å². The summed E-state index contributed by atoms with van der Waals surface area (Å²) in [5.41, 5.74) is 2.13. The second-order valence-corrected chi connectivity index (χ2v) is 4.98. The zero-order chi connectivity index (χ0) is 11.7. The minimum Gasteiger partial charge on any atom is -0.493 e. The molecule has 1 saturated carbocycles. The van der Waals surface area contributed by atoms with Gasteiger partial charge in [0.1, 0.15) is 5.75 Å². The maximum Gasteiger partial charge on any atom is 0.224 e. The first-order chi connectivity index (χ1) is 8.31. The van der Waals surface area contributed by atoms with Crippen molar-refractivity contribution in [3.05, 3.63) is 23.8 Å². The van der Waals surface area contributed by atoms with Crippen molar-refractivity contribution in [3.63, 3.8) is 0 Å². The van der Waals surface area contributed by atoms with Gasteiger partial charge in [0.2, 0.25) is 5.91 Å². The number of nitrogens with one attached hydrogen (secondary N) is 1. The fraction of sp³-hybridized carbons (Fsp3) is 0.500. The fourth-order valence-corrected chi connectivity index (χ4v) is 2.32. The summed E-state index contributed by atoms with van der Waals surface area (Å²) in [4.78, 5) is 11.2. The summed E-state index contributed by atoms with van der Waals surface area (Å²) in [6, 6.07) is 5.96. The van der Waals surface area contributed by atoms with Gasteiger partial charge in [-0.2, -0.15) is 0 Å². The Morgan fingerprint density at radius 2 is 2.18 bits per heavy atom. The van der Waals surface area contributed by atoms with Gasteiger partial charge in [0.15, 0.2) is 0 Å². The first-order valence-corrected chi connectivity index (χ1v) is 6.37. The van der Waals surface area contributed by atoms with Crippen LogP contribution in [0.4, 0.5) is 5.69 Å². The van der Waals surface area contributed by atoms with Gasteiger partial charge >= 0.3 is 0 Å². The van der Waals surface area contributed by atoms with Crippen LogP contribution in [0.2, 0.25) is 0 Å². The second kappa shape index (κ2) is 4.40. The Labute approximate surface area is 101 Å². The topological polar surface area (TPSA) is 38.3 Å². The number of fused-ring (bicyclic) bond motifs is 1. The molecule has 3 nitrogen and oxygen atoms in total. The number of carbonyl (C=O) groups excluding carboxylic acids is 1. The van der Waals surface area contributed by atoms with Gasteiger partial charge in [0, 0.05) is 12.1 Å². The third-order valence-corrected chi connectivity index (χ3v) is 3.68. The predicted octanol–water partition coefficient (Wildman–Crippen LogP) is 2.75. The molecule has 1 N–H and O–H groups in total. The molecule has 0 aromatic heterocycles. The molecule has 0 saturated heterocycles. The molecule has 1 aromatic carbocycles. The molecule has 1 fully saturated rings. The number of aryl methyl sites for hydroxylation is 1. The van der Waals surface area contributed by atoms with Crippen LogP contribution in [0.5, 0.6) is 5.75 Å². The Kier molecular flexibility index (Phi) is 2.75. The molecule has 1 heterocycles. The number of hydrogen-bond donors (Lipinski definition) is 1. The first kappa shape index (κ1) is 10.6. The molecule has 2 aliphatic rings. The number of hydrogen-bond acceptors (Lipinski definition) is 2. The van der Waals surface area contributed by atoms with Crippen LogP contribution < -0.4 is 10.1 Å². The molecule has 3 heteroatoms. The highest BCUT2D eigenvalue weighted by molar-refractivity contribution is 5.93. The second-order valence-electron chi connectivity index (χ2n) is 4.98. The third kappa shape index (κ3) is 2.28. The molecule has 1 aliphatic heterocycles. The van der Waals surface area contributed by atoms with Crippen LogP contribution in [-0.4, -0.2) is 12.5 Å². The molecule has 0 spiro atoms. The largest absolute Gasteiger partial charge is 0.493 e. The Morgan fingerprint density at radius 1 is 1.29 bits per heavy atom. The molecule has 1 amide bonds. The van der Waals surface area contributed by atoms with E-state index < -0.39 is 0 Å². The minimum absolute atomic E-state index is 0.112. The van der Waals surface area contributed by atoms with Crippen LogP contribution in [0.1, 0.15) is 31.2 Å². The average molecular weight is 231 g/mol. The van der Waals surface area contributed by atoms with Crippen molar-refractivity contribution in [2.45, 2.75) is 32.1 Å². The molecule has 0 unspecified atom stereocenters. The lowest BCUT2D eigenvalue weighted by Crippen LogP contribution is -2.20. The standard InChI is InChI=1S/C14H17NO2/c16-14-7-4-11-8-12(5-6-13(11)15-14)17-9-10-2-1-3-10/h5-6,8,10H,1-4,7,9H2,(H,15,16). The summed E-state index contributed by atoms with van der Waals surface area (Å²) in [7, 11) is 0. The van der Waals surface area contributed by atoms with E-state index in [1.54, 1.807) is 0 Å². The van der Waals surface area contributed by atoms with Crippen molar-refractivity contribution in [2.75, 3.05) is 11.9 Å². The highest BCUT2D eigenvalue weighted by Gasteiger charge is 2.19. The molecule has 0 radical (unpaired) electrons. The summed E-state index contributed by atoms with van der Waals surface area (Å²) < 4.78 is 5.79. The molecule has 1 aromatic rings. The van der Waals surface area contributed by atoms with E-state index in [0.29, 0.717) is 6.42 Å². The van der Waals surface area contributed by atoms with Crippen molar-refractivity contribution in [3.8, 4) is 5.75 Å². The van der Waals surface area contributed by atoms with Crippen molar-refractivity contribution in [1.82, 2.24) is 0 Å². The molecule has 0 bridgehead atoms. The average Bonchev–Trinajstić information content (AvgIpc) is 2.27. The van der Waals surface area contributed by atoms with Crippen molar-refractivity contribution < 1.29 is 9.53 Å². The SMILES string of the molecule is O=C1CCc2cc(OCC3CCC3)ccc2N1. The molecular formula is C14H17NO2. The number of carbonyl (C=O) groups is 1. The van der Waals surface area contributed by atoms with Crippen molar-refractivity contribution in [2.24, 2.45) is 5.92 Å². The normalized spacial score (nSPS) is 19.2. The zero-order valence-electron chi connectivity index (χ0n) is 9.87. The molecule has 3 rings (SSSR count). The molecule has 17 heavy (non-hydrogen) atoms. The predicted molar refractivity (Wildman–Crippen MR) is 66.2 cm³/mol. The Bertz CT molecular complexity index is 438. The lowest BCUT2D eigenvalue weighted by atomic mass is 9.86. The van der Waals surface area contributed by atoms with Crippen LogP contribution in [0.15, 0.2) is 18.2 Å². The lowest BCUT2D eigenvalue weighted by Gasteiger charge is -2.25. The summed E-state index contributed by atoms with van der Waals surface area (Å²) >= 11 is 0. The van der Waals surface area contributed by atoms with Crippen LogP contribution in [0.3, 0.4) is 0 Å². The lowest BCUT2D eigenvalue weighted by molar-refractivity contribution is -0.116. The molecule has 0 atom stereocenters. The number of benzene rings is 1. The third-order valence-electron chi connectivity index (χ3n) is 3.68. The van der Waals surface area contributed by atoms with E-state index in [9.17, 15) is 4.79 Å². The van der Waals surface area contributed by atoms with Crippen molar-refractivity contribution in [1.29, 1.82) is 0 Å². The number of rotatable bonds is 3. The fourth-order valence-electron chi connectivity index (χ4n) is 2.32. The first-order valence-electron chi connectivity index (χ1n) is 6.37. The van der Waals surface area contributed by atoms with Gasteiger partial charge in [-0.15, -0.1) is 0 Å². The minimum atomic E-state index is 0.112. The monoisotopic (exact) mass is 231 g/mol. The van der Waals surface area contributed by atoms with Gasteiger partial charge < -0.3 is 10.1 Å². The van der Waals surface area contributed by atoms with Gasteiger partial charge in [-0.05, 0) is 48.9 Å². The van der Waals surface area contributed by atoms with E-state index in [4.69, 9.17) is 4.74 Å². The van der Waals surface area contributed by atoms with E-state index in [1.807, 2.05) is 12.1 Å². The summed E-state index contributed by atoms with van der Waals surface area (Å²) in [5.74, 6) is 1.80. The quantitative estimate of drug-likeness (QED) is 0.868. The van der Waals surface area contributed by atoms with E-state index in [2.05, 4.69) is 11.4 Å². The zero-order valence-corrected chi connectivity index (χ0v) is 9.87. The number of amides is 1. The van der Waals surface area contributed by atoms with E-state index >= 15 is 0 Å². The Hall–Kier alpha value is -1.51. The highest BCUT2D eigenvalue weighted by Crippen LogP contribution is 2.29.